The van der Waals surface area contributed by atoms with Crippen molar-refractivity contribution in [3.8, 4) is 5.75 Å². The minimum Gasteiger partial charge on any atom is -0.497 e. The molecule has 0 aliphatic heterocycles. The van der Waals surface area contributed by atoms with Gasteiger partial charge < -0.3 is 20.7 Å². The Kier molecular flexibility index (Phi) is 7.63. The van der Waals surface area contributed by atoms with Crippen LogP contribution in [0.1, 0.15) is 5.56 Å². The Labute approximate surface area is 157 Å². The summed E-state index contributed by atoms with van der Waals surface area (Å²) in [7, 11) is 3.38. The van der Waals surface area contributed by atoms with Crippen LogP contribution in [0.4, 0.5) is 5.82 Å². The molecule has 134 valence electrons. The van der Waals surface area contributed by atoms with Crippen LogP contribution in [-0.4, -0.2) is 38.2 Å². The highest BCUT2D eigenvalue weighted by molar-refractivity contribution is 6.35. The second-order valence-corrected chi connectivity index (χ2v) is 5.96. The second kappa shape index (κ2) is 9.96. The maximum absolute atomic E-state index is 6.06. The molecular formula is C17H21Cl2N5O. The van der Waals surface area contributed by atoms with E-state index in [2.05, 4.69) is 25.9 Å². The maximum Gasteiger partial charge on any atom is 0.191 e. The molecule has 8 heteroatoms. The van der Waals surface area contributed by atoms with E-state index in [1.807, 2.05) is 24.3 Å². The molecule has 0 fully saturated rings. The SMILES string of the molecule is CN=C(NCCNc1ncc(Cl)cc1Cl)NCc1cccc(OC)c1. The summed E-state index contributed by atoms with van der Waals surface area (Å²) < 4.78 is 5.22. The van der Waals surface area contributed by atoms with Gasteiger partial charge in [-0.2, -0.15) is 0 Å². The lowest BCUT2D eigenvalue weighted by molar-refractivity contribution is 0.414. The third kappa shape index (κ3) is 6.32. The molecule has 0 saturated carbocycles. The molecular weight excluding hydrogens is 361 g/mol. The summed E-state index contributed by atoms with van der Waals surface area (Å²) in [5.74, 6) is 2.14. The first-order valence-electron chi connectivity index (χ1n) is 7.74. The Morgan fingerprint density at radius 3 is 2.76 bits per heavy atom. The number of aromatic nitrogens is 1. The number of nitrogens with one attached hydrogen (secondary N) is 3. The molecule has 0 radical (unpaired) electrons. The van der Waals surface area contributed by atoms with Crippen LogP contribution in [0.15, 0.2) is 41.5 Å². The number of halogens is 2. The van der Waals surface area contributed by atoms with Crippen LogP contribution in [-0.2, 0) is 6.54 Å². The van der Waals surface area contributed by atoms with Crippen LogP contribution in [0.3, 0.4) is 0 Å². The first-order chi connectivity index (χ1) is 12.1. The van der Waals surface area contributed by atoms with Gasteiger partial charge in [-0.3, -0.25) is 4.99 Å². The summed E-state index contributed by atoms with van der Waals surface area (Å²) in [4.78, 5) is 8.34. The van der Waals surface area contributed by atoms with Crippen molar-refractivity contribution in [3.63, 3.8) is 0 Å². The fourth-order valence-corrected chi connectivity index (χ4v) is 2.54. The van der Waals surface area contributed by atoms with Crippen LogP contribution in [0, 0.1) is 0 Å². The largest absolute Gasteiger partial charge is 0.497 e. The topological polar surface area (TPSA) is 70.6 Å². The number of nitrogens with zero attached hydrogens (tertiary/aromatic N) is 2. The molecule has 0 atom stereocenters. The van der Waals surface area contributed by atoms with Gasteiger partial charge in [-0.15, -0.1) is 0 Å². The number of ether oxygens (including phenoxy) is 1. The minimum absolute atomic E-state index is 0.494. The smallest absolute Gasteiger partial charge is 0.191 e. The lowest BCUT2D eigenvalue weighted by atomic mass is 10.2. The molecule has 0 amide bonds. The summed E-state index contributed by atoms with van der Waals surface area (Å²) in [6.45, 7) is 1.93. The number of guanidine groups is 1. The standard InChI is InChI=1S/C17H21Cl2N5O/c1-20-17(24-10-12-4-3-5-14(8-12)25-2)22-7-6-21-16-15(19)9-13(18)11-23-16/h3-5,8-9,11H,6-7,10H2,1-2H3,(H,21,23)(H2,20,22,24). The molecule has 25 heavy (non-hydrogen) atoms. The van der Waals surface area contributed by atoms with E-state index in [9.17, 15) is 0 Å². The number of pyridine rings is 1. The zero-order chi connectivity index (χ0) is 18.1. The molecule has 1 heterocycles. The first kappa shape index (κ1) is 19.1. The Morgan fingerprint density at radius 2 is 2.04 bits per heavy atom. The van der Waals surface area contributed by atoms with E-state index >= 15 is 0 Å². The van der Waals surface area contributed by atoms with Crippen molar-refractivity contribution < 1.29 is 4.74 Å². The van der Waals surface area contributed by atoms with Gasteiger partial charge in [0.15, 0.2) is 5.96 Å². The van der Waals surface area contributed by atoms with E-state index in [4.69, 9.17) is 27.9 Å². The third-order valence-electron chi connectivity index (χ3n) is 3.34. The van der Waals surface area contributed by atoms with Gasteiger partial charge >= 0.3 is 0 Å². The predicted molar refractivity (Wildman–Crippen MR) is 104 cm³/mol. The van der Waals surface area contributed by atoms with Crippen molar-refractivity contribution in [1.82, 2.24) is 15.6 Å². The molecule has 2 rings (SSSR count). The van der Waals surface area contributed by atoms with Crippen molar-refractivity contribution in [2.45, 2.75) is 6.54 Å². The Hall–Kier alpha value is -2.18. The summed E-state index contributed by atoms with van der Waals surface area (Å²) >= 11 is 11.9. The van der Waals surface area contributed by atoms with Crippen LogP contribution < -0.4 is 20.7 Å². The quantitative estimate of drug-likeness (QED) is 0.390. The lowest BCUT2D eigenvalue weighted by Crippen LogP contribution is -2.39. The van der Waals surface area contributed by atoms with Crippen molar-refractivity contribution in [2.24, 2.45) is 4.99 Å². The molecule has 0 saturated heterocycles. The minimum atomic E-state index is 0.494. The number of methoxy groups -OCH3 is 1. The average molecular weight is 382 g/mol. The molecule has 0 aliphatic carbocycles. The number of hydrogen-bond acceptors (Lipinski definition) is 4. The predicted octanol–water partition coefficient (Wildman–Crippen LogP) is 3.17. The normalized spacial score (nSPS) is 11.1. The van der Waals surface area contributed by atoms with E-state index in [1.165, 1.54) is 0 Å². The van der Waals surface area contributed by atoms with Crippen LogP contribution in [0.2, 0.25) is 10.0 Å². The molecule has 0 spiro atoms. The Bertz CT molecular complexity index is 724. The third-order valence-corrected chi connectivity index (χ3v) is 3.83. The zero-order valence-electron chi connectivity index (χ0n) is 14.1. The first-order valence-corrected chi connectivity index (χ1v) is 8.50. The Morgan fingerprint density at radius 1 is 1.20 bits per heavy atom. The van der Waals surface area contributed by atoms with Gasteiger partial charge in [-0.25, -0.2) is 4.98 Å². The fraction of sp³-hybridized carbons (Fsp3) is 0.294. The number of anilines is 1. The number of rotatable bonds is 7. The van der Waals surface area contributed by atoms with E-state index in [1.54, 1.807) is 26.4 Å². The molecule has 2 aromatic rings. The molecule has 0 unspecified atom stereocenters. The van der Waals surface area contributed by atoms with Crippen LogP contribution in [0.25, 0.3) is 0 Å². The highest BCUT2D eigenvalue weighted by atomic mass is 35.5. The molecule has 6 nitrogen and oxygen atoms in total. The van der Waals surface area contributed by atoms with Crippen LogP contribution in [0.5, 0.6) is 5.75 Å². The van der Waals surface area contributed by atoms with E-state index in [0.29, 0.717) is 41.5 Å². The maximum atomic E-state index is 6.06. The highest BCUT2D eigenvalue weighted by Gasteiger charge is 2.03. The van der Waals surface area contributed by atoms with Crippen molar-refractivity contribution in [3.05, 3.63) is 52.1 Å². The summed E-state index contributed by atoms with van der Waals surface area (Å²) in [6, 6.07) is 9.53. The number of aliphatic imine (C=N–C) groups is 1. The van der Waals surface area contributed by atoms with E-state index in [-0.39, 0.29) is 0 Å². The molecule has 1 aromatic heterocycles. The molecule has 3 N–H and O–H groups in total. The van der Waals surface area contributed by atoms with Gasteiger partial charge in [-0.1, -0.05) is 35.3 Å². The summed E-state index contributed by atoms with van der Waals surface area (Å²) in [5.41, 5.74) is 1.11. The van der Waals surface area contributed by atoms with Gasteiger partial charge in [0.1, 0.15) is 11.6 Å². The van der Waals surface area contributed by atoms with Crippen LogP contribution >= 0.6 is 23.2 Å². The van der Waals surface area contributed by atoms with Gasteiger partial charge in [0, 0.05) is 32.9 Å². The molecule has 0 aliphatic rings. The molecule has 1 aromatic carbocycles. The summed E-state index contributed by atoms with van der Waals surface area (Å²) in [5, 5.41) is 10.6. The number of benzene rings is 1. The van der Waals surface area contributed by atoms with Crippen molar-refractivity contribution in [1.29, 1.82) is 0 Å². The zero-order valence-corrected chi connectivity index (χ0v) is 15.7. The van der Waals surface area contributed by atoms with E-state index < -0.39 is 0 Å². The summed E-state index contributed by atoms with van der Waals surface area (Å²) in [6.07, 6.45) is 1.55. The highest BCUT2D eigenvalue weighted by Crippen LogP contribution is 2.21. The second-order valence-electron chi connectivity index (χ2n) is 5.11. The van der Waals surface area contributed by atoms with Gasteiger partial charge in [0.05, 0.1) is 17.2 Å². The number of hydrogen-bond donors (Lipinski definition) is 3. The lowest BCUT2D eigenvalue weighted by Gasteiger charge is -2.13. The van der Waals surface area contributed by atoms with Gasteiger partial charge in [0.2, 0.25) is 0 Å². The van der Waals surface area contributed by atoms with Gasteiger partial charge in [-0.05, 0) is 23.8 Å². The Balaban J connectivity index is 1.74. The van der Waals surface area contributed by atoms with Crippen molar-refractivity contribution >= 4 is 35.0 Å². The molecule has 0 bridgehead atoms. The van der Waals surface area contributed by atoms with Gasteiger partial charge in [0.25, 0.3) is 0 Å². The monoisotopic (exact) mass is 381 g/mol. The van der Waals surface area contributed by atoms with E-state index in [0.717, 1.165) is 11.3 Å². The fourth-order valence-electron chi connectivity index (χ4n) is 2.10. The average Bonchev–Trinajstić information content (AvgIpc) is 2.62. The van der Waals surface area contributed by atoms with Crippen molar-refractivity contribution in [2.75, 3.05) is 32.6 Å².